The number of esters is 1. The number of carbonyl (C=O) groups is 1. The molecule has 0 aliphatic carbocycles. The molecule has 0 saturated carbocycles. The van der Waals surface area contributed by atoms with Crippen molar-refractivity contribution in [3.63, 3.8) is 0 Å². The number of aromatic nitrogens is 3. The lowest BCUT2D eigenvalue weighted by atomic mass is 10.4. The molecule has 6 heteroatoms. The van der Waals surface area contributed by atoms with E-state index in [-0.39, 0.29) is 0 Å². The van der Waals surface area contributed by atoms with E-state index in [0.717, 1.165) is 5.65 Å². The summed E-state index contributed by atoms with van der Waals surface area (Å²) < 4.78 is 11.8. The number of carbonyl (C=O) groups excluding carboxylic acids is 1. The molecule has 0 aliphatic heterocycles. The van der Waals surface area contributed by atoms with E-state index in [9.17, 15) is 4.79 Å². The predicted molar refractivity (Wildman–Crippen MR) is 59.7 cm³/mol. The van der Waals surface area contributed by atoms with Crippen molar-refractivity contribution in [2.45, 2.75) is 20.0 Å². The van der Waals surface area contributed by atoms with Crippen molar-refractivity contribution < 1.29 is 14.3 Å². The van der Waals surface area contributed by atoms with Crippen molar-refractivity contribution in [1.29, 1.82) is 0 Å². The zero-order chi connectivity index (χ0) is 12.3. The summed E-state index contributed by atoms with van der Waals surface area (Å²) in [6.45, 7) is 3.71. The summed E-state index contributed by atoms with van der Waals surface area (Å²) in [5, 5.41) is 4.14. The monoisotopic (exact) mass is 235 g/mol. The van der Waals surface area contributed by atoms with E-state index < -0.39 is 12.1 Å². The molecule has 2 heterocycles. The van der Waals surface area contributed by atoms with Gasteiger partial charge in [0.15, 0.2) is 11.8 Å². The third-order valence-corrected chi connectivity index (χ3v) is 2.15. The largest absolute Gasteiger partial charge is 0.463 e. The highest BCUT2D eigenvalue weighted by molar-refractivity contribution is 5.74. The van der Waals surface area contributed by atoms with Crippen molar-refractivity contribution in [1.82, 2.24) is 14.6 Å². The lowest BCUT2D eigenvalue weighted by Crippen LogP contribution is -2.26. The lowest BCUT2D eigenvalue weighted by Gasteiger charge is -2.12. The molecule has 0 saturated heterocycles. The summed E-state index contributed by atoms with van der Waals surface area (Å²) in [7, 11) is 0. The average Bonchev–Trinajstić information content (AvgIpc) is 2.76. The first-order chi connectivity index (χ1) is 8.20. The van der Waals surface area contributed by atoms with Crippen LogP contribution in [0.25, 0.3) is 5.65 Å². The molecule has 2 rings (SSSR count). The number of hydrogen-bond acceptors (Lipinski definition) is 5. The van der Waals surface area contributed by atoms with E-state index in [1.165, 1.54) is 0 Å². The van der Waals surface area contributed by atoms with Crippen molar-refractivity contribution in [3.05, 3.63) is 24.5 Å². The van der Waals surface area contributed by atoms with Crippen LogP contribution < -0.4 is 4.74 Å². The van der Waals surface area contributed by atoms with Crippen molar-refractivity contribution >= 4 is 11.6 Å². The molecule has 0 bridgehead atoms. The van der Waals surface area contributed by atoms with Gasteiger partial charge in [-0.25, -0.2) is 14.3 Å². The van der Waals surface area contributed by atoms with Gasteiger partial charge in [-0.1, -0.05) is 0 Å². The fourth-order valence-electron chi connectivity index (χ4n) is 1.35. The van der Waals surface area contributed by atoms with Crippen LogP contribution in [0, 0.1) is 0 Å². The number of rotatable bonds is 4. The summed E-state index contributed by atoms with van der Waals surface area (Å²) in [4.78, 5) is 15.4. The molecular weight excluding hydrogens is 222 g/mol. The van der Waals surface area contributed by atoms with E-state index in [1.807, 2.05) is 0 Å². The van der Waals surface area contributed by atoms with Crippen molar-refractivity contribution in [3.8, 4) is 5.88 Å². The first kappa shape index (κ1) is 11.4. The molecule has 0 fully saturated rings. The molecule has 0 aromatic carbocycles. The van der Waals surface area contributed by atoms with Crippen LogP contribution in [0.1, 0.15) is 13.8 Å². The molecule has 2 aromatic heterocycles. The summed E-state index contributed by atoms with van der Waals surface area (Å²) in [5.74, 6) is -0.0453. The maximum absolute atomic E-state index is 11.4. The van der Waals surface area contributed by atoms with E-state index in [1.54, 1.807) is 42.9 Å². The smallest absolute Gasteiger partial charge is 0.347 e. The highest BCUT2D eigenvalue weighted by Crippen LogP contribution is 2.10. The van der Waals surface area contributed by atoms with Gasteiger partial charge < -0.3 is 9.47 Å². The normalized spacial score (nSPS) is 12.4. The Hall–Kier alpha value is -2.11. The SMILES string of the molecule is CCOC(=O)C(C)Oc1ccc2nccn2n1. The summed E-state index contributed by atoms with van der Waals surface area (Å²) in [5.41, 5.74) is 0.723. The molecule has 90 valence electrons. The second-order valence-corrected chi connectivity index (χ2v) is 3.41. The molecule has 0 N–H and O–H groups in total. The van der Waals surface area contributed by atoms with Crippen LogP contribution >= 0.6 is 0 Å². The van der Waals surface area contributed by atoms with Gasteiger partial charge in [0.2, 0.25) is 5.88 Å². The highest BCUT2D eigenvalue weighted by atomic mass is 16.6. The second kappa shape index (κ2) is 4.82. The van der Waals surface area contributed by atoms with Crippen LogP contribution in [0.5, 0.6) is 5.88 Å². The first-order valence-corrected chi connectivity index (χ1v) is 5.34. The Bertz CT molecular complexity index is 523. The Kier molecular flexibility index (Phi) is 3.22. The molecule has 2 aromatic rings. The third kappa shape index (κ3) is 2.52. The average molecular weight is 235 g/mol. The van der Waals surface area contributed by atoms with Gasteiger partial charge in [0.05, 0.1) is 6.61 Å². The maximum Gasteiger partial charge on any atom is 0.347 e. The lowest BCUT2D eigenvalue weighted by molar-refractivity contribution is -0.150. The fraction of sp³-hybridized carbons (Fsp3) is 0.364. The van der Waals surface area contributed by atoms with Crippen LogP contribution in [0.15, 0.2) is 24.5 Å². The predicted octanol–water partition coefficient (Wildman–Crippen LogP) is 1.06. The van der Waals surface area contributed by atoms with Crippen LogP contribution in [0.2, 0.25) is 0 Å². The third-order valence-electron chi connectivity index (χ3n) is 2.15. The molecule has 1 atom stereocenters. The molecule has 0 aliphatic rings. The van der Waals surface area contributed by atoms with Gasteiger partial charge in [0, 0.05) is 18.5 Å². The highest BCUT2D eigenvalue weighted by Gasteiger charge is 2.16. The van der Waals surface area contributed by atoms with Crippen LogP contribution in [0.4, 0.5) is 0 Å². The minimum absolute atomic E-state index is 0.334. The van der Waals surface area contributed by atoms with Gasteiger partial charge in [-0.15, -0.1) is 5.10 Å². The number of nitrogens with zero attached hydrogens (tertiary/aromatic N) is 3. The molecule has 17 heavy (non-hydrogen) atoms. The summed E-state index contributed by atoms with van der Waals surface area (Å²) >= 11 is 0. The van der Waals surface area contributed by atoms with Gasteiger partial charge in [0.25, 0.3) is 0 Å². The minimum Gasteiger partial charge on any atom is -0.463 e. The molecule has 0 radical (unpaired) electrons. The zero-order valence-corrected chi connectivity index (χ0v) is 9.66. The van der Waals surface area contributed by atoms with Crippen molar-refractivity contribution in [2.24, 2.45) is 0 Å². The van der Waals surface area contributed by atoms with E-state index in [4.69, 9.17) is 9.47 Å². The van der Waals surface area contributed by atoms with Gasteiger partial charge in [-0.2, -0.15) is 0 Å². The van der Waals surface area contributed by atoms with Gasteiger partial charge in [-0.3, -0.25) is 0 Å². The van der Waals surface area contributed by atoms with Crippen LogP contribution in [-0.4, -0.2) is 33.3 Å². The number of fused-ring (bicyclic) bond motifs is 1. The topological polar surface area (TPSA) is 65.7 Å². The number of hydrogen-bond donors (Lipinski definition) is 0. The van der Waals surface area contributed by atoms with Crippen LogP contribution in [0.3, 0.4) is 0 Å². The minimum atomic E-state index is -0.677. The van der Waals surface area contributed by atoms with E-state index >= 15 is 0 Å². The van der Waals surface area contributed by atoms with Gasteiger partial charge in [-0.05, 0) is 19.9 Å². The Morgan fingerprint density at radius 1 is 1.53 bits per heavy atom. The quantitative estimate of drug-likeness (QED) is 0.741. The second-order valence-electron chi connectivity index (χ2n) is 3.41. The Labute approximate surface area is 98.2 Å². The fourth-order valence-corrected chi connectivity index (χ4v) is 1.35. The molecule has 0 spiro atoms. The number of imidazole rings is 1. The van der Waals surface area contributed by atoms with E-state index in [0.29, 0.717) is 12.5 Å². The van der Waals surface area contributed by atoms with E-state index in [2.05, 4.69) is 10.1 Å². The molecule has 0 amide bonds. The zero-order valence-electron chi connectivity index (χ0n) is 9.66. The molecule has 1 unspecified atom stereocenters. The van der Waals surface area contributed by atoms with Gasteiger partial charge in [0.1, 0.15) is 0 Å². The van der Waals surface area contributed by atoms with Gasteiger partial charge >= 0.3 is 5.97 Å². The first-order valence-electron chi connectivity index (χ1n) is 5.34. The summed E-state index contributed by atoms with van der Waals surface area (Å²) in [6.07, 6.45) is 2.67. The maximum atomic E-state index is 11.4. The van der Waals surface area contributed by atoms with Crippen molar-refractivity contribution in [2.75, 3.05) is 6.61 Å². The Morgan fingerprint density at radius 2 is 2.35 bits per heavy atom. The summed E-state index contributed by atoms with van der Waals surface area (Å²) in [6, 6.07) is 3.43. The Morgan fingerprint density at radius 3 is 3.12 bits per heavy atom. The molecular formula is C11H13N3O3. The number of ether oxygens (including phenoxy) is 2. The standard InChI is InChI=1S/C11H13N3O3/c1-3-16-11(15)8(2)17-10-5-4-9-12-6-7-14(9)13-10/h4-8H,3H2,1-2H3. The van der Waals surface area contributed by atoms with Crippen LogP contribution in [-0.2, 0) is 9.53 Å². The Balaban J connectivity index is 2.09. The molecule has 6 nitrogen and oxygen atoms in total.